The number of carbonyl (C=O) groups is 2. The van der Waals surface area contributed by atoms with Gasteiger partial charge < -0.3 is 14.6 Å². The number of carbonyl (C=O) groups excluding carboxylic acids is 2. The molecule has 27 heavy (non-hydrogen) atoms. The van der Waals surface area contributed by atoms with Crippen molar-refractivity contribution >= 4 is 62.2 Å². The maximum absolute atomic E-state index is 12.6. The number of benzene rings is 1. The Bertz CT molecular complexity index is 781. The molecule has 146 valence electrons. The molecule has 1 aromatic rings. The minimum Gasteiger partial charge on any atom is -0.503 e. The summed E-state index contributed by atoms with van der Waals surface area (Å²) in [5.74, 6) is -0.164. The molecule has 1 heterocycles. The van der Waals surface area contributed by atoms with Crippen molar-refractivity contribution in [3.05, 3.63) is 27.1 Å². The summed E-state index contributed by atoms with van der Waals surface area (Å²) < 4.78 is 11.1. The number of hydrogen-bond donors (Lipinski definition) is 1. The Labute approximate surface area is 176 Å². The number of thiocarbonyl (C=S) groups is 1. The van der Waals surface area contributed by atoms with Crippen LogP contribution in [0.5, 0.6) is 11.5 Å². The average Bonchev–Trinajstić information content (AvgIpc) is 2.90. The van der Waals surface area contributed by atoms with Gasteiger partial charge in [0.25, 0.3) is 5.91 Å². The molecule has 1 N–H and O–H groups in total. The first-order valence-electron chi connectivity index (χ1n) is 8.34. The summed E-state index contributed by atoms with van der Waals surface area (Å²) >= 11 is 9.76. The molecule has 1 aromatic carbocycles. The van der Waals surface area contributed by atoms with Gasteiger partial charge >= 0.3 is 5.97 Å². The molecule has 0 saturated carbocycles. The van der Waals surface area contributed by atoms with E-state index in [0.717, 1.165) is 6.42 Å². The Hall–Kier alpha value is -1.58. The zero-order valence-electron chi connectivity index (χ0n) is 15.0. The van der Waals surface area contributed by atoms with E-state index in [1.54, 1.807) is 18.2 Å². The van der Waals surface area contributed by atoms with E-state index < -0.39 is 0 Å². The molecule has 0 bridgehead atoms. The van der Waals surface area contributed by atoms with Gasteiger partial charge in [0.2, 0.25) is 0 Å². The minimum absolute atomic E-state index is 0.00263. The van der Waals surface area contributed by atoms with Gasteiger partial charge in [-0.05, 0) is 52.5 Å². The van der Waals surface area contributed by atoms with Crippen molar-refractivity contribution in [1.29, 1.82) is 0 Å². The van der Waals surface area contributed by atoms with Crippen molar-refractivity contribution in [2.45, 2.75) is 26.2 Å². The van der Waals surface area contributed by atoms with Crippen LogP contribution >= 0.6 is 39.9 Å². The van der Waals surface area contributed by atoms with E-state index in [-0.39, 0.29) is 24.0 Å². The van der Waals surface area contributed by atoms with Crippen LogP contribution in [0.4, 0.5) is 0 Å². The van der Waals surface area contributed by atoms with Crippen molar-refractivity contribution in [1.82, 2.24) is 4.90 Å². The normalized spacial score (nSPS) is 15.5. The first-order chi connectivity index (χ1) is 12.9. The summed E-state index contributed by atoms with van der Waals surface area (Å²) in [5.41, 5.74) is 0.695. The largest absolute Gasteiger partial charge is 0.503 e. The molecule has 1 aliphatic rings. The predicted octanol–water partition coefficient (Wildman–Crippen LogP) is 4.10. The zero-order valence-corrected chi connectivity index (χ0v) is 18.2. The molecule has 1 saturated heterocycles. The molecule has 0 spiro atoms. The second kappa shape index (κ2) is 10.1. The van der Waals surface area contributed by atoms with E-state index >= 15 is 0 Å². The smallest absolute Gasteiger partial charge is 0.305 e. The van der Waals surface area contributed by atoms with Crippen molar-refractivity contribution in [3.63, 3.8) is 0 Å². The summed E-state index contributed by atoms with van der Waals surface area (Å²) in [4.78, 5) is 26.1. The number of halogens is 1. The van der Waals surface area contributed by atoms with Crippen molar-refractivity contribution in [2.24, 2.45) is 0 Å². The number of phenols is 1. The van der Waals surface area contributed by atoms with Gasteiger partial charge in [0.05, 0.1) is 23.1 Å². The highest BCUT2D eigenvalue weighted by molar-refractivity contribution is 9.10. The van der Waals surface area contributed by atoms with Crippen molar-refractivity contribution in [3.8, 4) is 11.5 Å². The fourth-order valence-corrected chi connectivity index (χ4v) is 4.11. The van der Waals surface area contributed by atoms with Crippen LogP contribution in [0.1, 0.15) is 31.7 Å². The first-order valence-corrected chi connectivity index (χ1v) is 10.4. The van der Waals surface area contributed by atoms with Gasteiger partial charge in [-0.3, -0.25) is 14.5 Å². The van der Waals surface area contributed by atoms with Crippen molar-refractivity contribution < 1.29 is 24.2 Å². The van der Waals surface area contributed by atoms with Gasteiger partial charge in [-0.25, -0.2) is 0 Å². The Balaban J connectivity index is 2.04. The number of thioether (sulfide) groups is 1. The van der Waals surface area contributed by atoms with Crippen LogP contribution in [-0.2, 0) is 14.3 Å². The number of phenolic OH excluding ortho intramolecular Hbond substituents is 1. The summed E-state index contributed by atoms with van der Waals surface area (Å²) in [6, 6.07) is 3.32. The standard InChI is InChI=1S/C18H20BrNO5S2/c1-3-7-25-15(21)5-4-6-20-17(23)14(27-18(20)26)10-11-8-12(19)16(22)13(9-11)24-2/h8-10,22H,3-7H2,1-2H3/b14-10+. The third-order valence-electron chi connectivity index (χ3n) is 3.67. The van der Waals surface area contributed by atoms with Crippen LogP contribution in [0, 0.1) is 0 Å². The monoisotopic (exact) mass is 473 g/mol. The van der Waals surface area contributed by atoms with Crippen LogP contribution in [0.3, 0.4) is 0 Å². The van der Waals surface area contributed by atoms with Gasteiger partial charge in [0.1, 0.15) is 4.32 Å². The molecular formula is C18H20BrNO5S2. The quantitative estimate of drug-likeness (QED) is 0.346. The second-order valence-corrected chi connectivity index (χ2v) is 8.24. The third-order valence-corrected chi connectivity index (χ3v) is 5.65. The molecule has 1 fully saturated rings. The number of amides is 1. The summed E-state index contributed by atoms with van der Waals surface area (Å²) in [6.45, 7) is 2.71. The van der Waals surface area contributed by atoms with E-state index in [4.69, 9.17) is 21.7 Å². The SMILES string of the molecule is CCCOC(=O)CCCN1C(=O)/C(=C\c2cc(Br)c(O)c(OC)c2)SC1=S. The molecule has 0 atom stereocenters. The predicted molar refractivity (Wildman–Crippen MR) is 113 cm³/mol. The summed E-state index contributed by atoms with van der Waals surface area (Å²) in [5, 5.41) is 9.88. The van der Waals surface area contributed by atoms with Crippen LogP contribution in [-0.4, -0.2) is 46.5 Å². The number of nitrogens with zero attached hydrogens (tertiary/aromatic N) is 1. The molecular weight excluding hydrogens is 454 g/mol. The van der Waals surface area contributed by atoms with Gasteiger partial charge in [-0.1, -0.05) is 30.9 Å². The molecule has 1 amide bonds. The molecule has 0 aromatic heterocycles. The maximum Gasteiger partial charge on any atom is 0.305 e. The fraction of sp³-hybridized carbons (Fsp3) is 0.389. The number of ether oxygens (including phenoxy) is 2. The Morgan fingerprint density at radius 3 is 2.85 bits per heavy atom. The highest BCUT2D eigenvalue weighted by Gasteiger charge is 2.31. The fourth-order valence-electron chi connectivity index (χ4n) is 2.35. The summed E-state index contributed by atoms with van der Waals surface area (Å²) in [7, 11) is 1.45. The van der Waals surface area contributed by atoms with E-state index in [0.29, 0.717) is 44.6 Å². The number of hydrogen-bond acceptors (Lipinski definition) is 7. The van der Waals surface area contributed by atoms with E-state index in [9.17, 15) is 14.7 Å². The Morgan fingerprint density at radius 1 is 1.44 bits per heavy atom. The van der Waals surface area contributed by atoms with Crippen LogP contribution in [0.2, 0.25) is 0 Å². The van der Waals surface area contributed by atoms with Gasteiger partial charge in [0.15, 0.2) is 11.5 Å². The lowest BCUT2D eigenvalue weighted by atomic mass is 10.2. The first kappa shape index (κ1) is 21.7. The highest BCUT2D eigenvalue weighted by Crippen LogP contribution is 2.38. The number of rotatable bonds is 8. The van der Waals surface area contributed by atoms with Crippen LogP contribution < -0.4 is 4.74 Å². The molecule has 0 unspecified atom stereocenters. The number of esters is 1. The average molecular weight is 474 g/mol. The van der Waals surface area contributed by atoms with Gasteiger partial charge in [-0.15, -0.1) is 0 Å². The topological polar surface area (TPSA) is 76.1 Å². The molecule has 2 rings (SSSR count). The minimum atomic E-state index is -0.265. The lowest BCUT2D eigenvalue weighted by molar-refractivity contribution is -0.144. The molecule has 1 aliphatic heterocycles. The molecule has 9 heteroatoms. The van der Waals surface area contributed by atoms with Crippen molar-refractivity contribution in [2.75, 3.05) is 20.3 Å². The third kappa shape index (κ3) is 5.70. The second-order valence-electron chi connectivity index (χ2n) is 5.71. The van der Waals surface area contributed by atoms with Crippen LogP contribution in [0.15, 0.2) is 21.5 Å². The number of aromatic hydroxyl groups is 1. The zero-order chi connectivity index (χ0) is 20.0. The summed E-state index contributed by atoms with van der Waals surface area (Å²) in [6.07, 6.45) is 3.21. The van der Waals surface area contributed by atoms with Gasteiger partial charge in [0, 0.05) is 13.0 Å². The Morgan fingerprint density at radius 2 is 2.19 bits per heavy atom. The van der Waals surface area contributed by atoms with Gasteiger partial charge in [-0.2, -0.15) is 0 Å². The lowest BCUT2D eigenvalue weighted by Crippen LogP contribution is -2.29. The molecule has 0 aliphatic carbocycles. The lowest BCUT2D eigenvalue weighted by Gasteiger charge is -2.13. The van der Waals surface area contributed by atoms with Crippen LogP contribution in [0.25, 0.3) is 6.08 Å². The van der Waals surface area contributed by atoms with E-state index in [1.807, 2.05) is 6.92 Å². The molecule has 0 radical (unpaired) electrons. The Kier molecular flexibility index (Phi) is 8.12. The number of methoxy groups -OCH3 is 1. The maximum atomic E-state index is 12.6. The highest BCUT2D eigenvalue weighted by atomic mass is 79.9. The van der Waals surface area contributed by atoms with E-state index in [1.165, 1.54) is 23.8 Å². The van der Waals surface area contributed by atoms with E-state index in [2.05, 4.69) is 15.9 Å². The molecule has 6 nitrogen and oxygen atoms in total.